The van der Waals surface area contributed by atoms with E-state index in [1.54, 1.807) is 0 Å². The molecule has 2 aromatic carbocycles. The van der Waals surface area contributed by atoms with Gasteiger partial charge in [0.25, 0.3) is 0 Å². The molecule has 0 aliphatic carbocycles. The van der Waals surface area contributed by atoms with Crippen LogP contribution in [0.4, 0.5) is 11.4 Å². The van der Waals surface area contributed by atoms with Crippen LogP contribution in [0.2, 0.25) is 0 Å². The largest absolute Gasteiger partial charge is 0.355 e. The highest BCUT2D eigenvalue weighted by Gasteiger charge is 2.35. The maximum Gasteiger partial charge on any atom is 0.238 e. The van der Waals surface area contributed by atoms with Crippen LogP contribution >= 0.6 is 15.9 Å². The summed E-state index contributed by atoms with van der Waals surface area (Å²) in [5.41, 5.74) is 3.22. The molecule has 6 heteroatoms. The number of fused-ring (bicyclic) bond motifs is 2. The van der Waals surface area contributed by atoms with Gasteiger partial charge < -0.3 is 10.3 Å². The van der Waals surface area contributed by atoms with E-state index in [1.807, 2.05) is 42.5 Å². The molecule has 5 nitrogen and oxygen atoms in total. The molecule has 0 fully saturated rings. The maximum atomic E-state index is 12.4. The molecule has 2 N–H and O–H groups in total. The molecule has 0 saturated heterocycles. The van der Waals surface area contributed by atoms with Gasteiger partial charge in [-0.1, -0.05) is 34.1 Å². The molecule has 0 bridgehead atoms. The van der Waals surface area contributed by atoms with Gasteiger partial charge in [-0.2, -0.15) is 0 Å². The van der Waals surface area contributed by atoms with Crippen LogP contribution in [-0.2, 0) is 4.79 Å². The van der Waals surface area contributed by atoms with Gasteiger partial charge in [0, 0.05) is 21.1 Å². The Morgan fingerprint density at radius 1 is 1.14 bits per heavy atom. The van der Waals surface area contributed by atoms with Gasteiger partial charge in [0.05, 0.1) is 5.69 Å². The number of hydrogen-bond acceptors (Lipinski definition) is 3. The lowest BCUT2D eigenvalue weighted by molar-refractivity contribution is -0.116. The Morgan fingerprint density at radius 2 is 1.95 bits per heavy atom. The maximum absolute atomic E-state index is 12.4. The monoisotopic (exact) mass is 355 g/mol. The van der Waals surface area contributed by atoms with Crippen molar-refractivity contribution in [3.05, 3.63) is 63.1 Å². The third-order valence-electron chi connectivity index (χ3n) is 3.93. The lowest BCUT2D eigenvalue weighted by Crippen LogP contribution is -2.13. The number of aromatic nitrogens is 1. The van der Waals surface area contributed by atoms with E-state index >= 15 is 0 Å². The van der Waals surface area contributed by atoms with Gasteiger partial charge in [0.15, 0.2) is 0 Å². The van der Waals surface area contributed by atoms with E-state index in [4.69, 9.17) is 0 Å². The lowest BCUT2D eigenvalue weighted by Gasteiger charge is -2.07. The van der Waals surface area contributed by atoms with Crippen LogP contribution in [0.15, 0.2) is 52.1 Å². The van der Waals surface area contributed by atoms with Gasteiger partial charge >= 0.3 is 0 Å². The molecule has 1 aliphatic rings. The quantitative estimate of drug-likeness (QED) is 0.668. The van der Waals surface area contributed by atoms with Crippen molar-refractivity contribution in [2.24, 2.45) is 5.18 Å². The smallest absolute Gasteiger partial charge is 0.238 e. The molecule has 1 aliphatic heterocycles. The van der Waals surface area contributed by atoms with Crippen LogP contribution in [-0.4, -0.2) is 10.9 Å². The number of carbonyl (C=O) groups excluding carboxylic acids is 1. The zero-order valence-corrected chi connectivity index (χ0v) is 12.8. The van der Waals surface area contributed by atoms with Crippen LogP contribution in [0, 0.1) is 4.91 Å². The number of aromatic amines is 1. The van der Waals surface area contributed by atoms with Crippen molar-refractivity contribution in [1.82, 2.24) is 4.98 Å². The first kappa shape index (κ1) is 13.2. The molecule has 0 saturated carbocycles. The standard InChI is InChI=1S/C16H10BrN3O2/c17-8-5-6-10-12(7-8)18-15(14(10)20-22)13-9-3-1-2-4-11(9)19-16(13)21/h1-7,13,18H,(H,19,21). The van der Waals surface area contributed by atoms with E-state index < -0.39 is 5.92 Å². The zero-order valence-electron chi connectivity index (χ0n) is 11.3. The second-order valence-electron chi connectivity index (χ2n) is 5.18. The van der Waals surface area contributed by atoms with Gasteiger partial charge in [-0.25, -0.2) is 0 Å². The Labute approximate surface area is 133 Å². The van der Waals surface area contributed by atoms with E-state index in [2.05, 4.69) is 31.4 Å². The molecule has 4 rings (SSSR count). The Kier molecular flexibility index (Phi) is 2.87. The first-order valence-electron chi connectivity index (χ1n) is 6.73. The number of H-pyrrole nitrogens is 1. The Balaban J connectivity index is 1.98. The third-order valence-corrected chi connectivity index (χ3v) is 4.43. The van der Waals surface area contributed by atoms with E-state index in [0.29, 0.717) is 16.8 Å². The van der Waals surface area contributed by atoms with Crippen LogP contribution in [0.25, 0.3) is 10.9 Å². The second kappa shape index (κ2) is 4.78. The molecule has 3 aromatic rings. The minimum absolute atomic E-state index is 0.156. The fourth-order valence-electron chi connectivity index (χ4n) is 2.98. The molecule has 1 atom stereocenters. The highest BCUT2D eigenvalue weighted by Crippen LogP contribution is 2.43. The number of rotatable bonds is 2. The Bertz CT molecular complexity index is 932. The predicted octanol–water partition coefficient (Wildman–Crippen LogP) is 4.41. The summed E-state index contributed by atoms with van der Waals surface area (Å²) in [7, 11) is 0. The molecule has 0 spiro atoms. The van der Waals surface area contributed by atoms with Crippen LogP contribution in [0.3, 0.4) is 0 Å². The van der Waals surface area contributed by atoms with Gasteiger partial charge in [-0.05, 0) is 35.0 Å². The topological polar surface area (TPSA) is 74.3 Å². The fraction of sp³-hybridized carbons (Fsp3) is 0.0625. The van der Waals surface area contributed by atoms with Gasteiger partial charge in [-0.3, -0.25) is 4.79 Å². The van der Waals surface area contributed by atoms with Gasteiger partial charge in [0.2, 0.25) is 5.91 Å². The zero-order chi connectivity index (χ0) is 15.3. The number of hydrogen-bond donors (Lipinski definition) is 2. The summed E-state index contributed by atoms with van der Waals surface area (Å²) < 4.78 is 0.890. The van der Waals surface area contributed by atoms with Crippen molar-refractivity contribution in [1.29, 1.82) is 0 Å². The average Bonchev–Trinajstić information content (AvgIpc) is 3.02. The number of para-hydroxylation sites is 1. The number of amides is 1. The Morgan fingerprint density at radius 3 is 2.77 bits per heavy atom. The first-order valence-corrected chi connectivity index (χ1v) is 7.52. The Hall–Kier alpha value is -2.47. The molecule has 1 unspecified atom stereocenters. The summed E-state index contributed by atoms with van der Waals surface area (Å²) in [6, 6.07) is 13.0. The first-order chi connectivity index (χ1) is 10.7. The van der Waals surface area contributed by atoms with E-state index in [-0.39, 0.29) is 5.91 Å². The summed E-state index contributed by atoms with van der Waals surface area (Å²) in [6.07, 6.45) is 0. The summed E-state index contributed by atoms with van der Waals surface area (Å²) in [5, 5.41) is 6.72. The minimum Gasteiger partial charge on any atom is -0.355 e. The van der Waals surface area contributed by atoms with Crippen LogP contribution in [0.1, 0.15) is 17.2 Å². The number of nitrogens with one attached hydrogen (secondary N) is 2. The summed E-state index contributed by atoms with van der Waals surface area (Å²) in [4.78, 5) is 26.9. The van der Waals surface area contributed by atoms with E-state index in [0.717, 1.165) is 21.2 Å². The highest BCUT2D eigenvalue weighted by molar-refractivity contribution is 9.10. The van der Waals surface area contributed by atoms with Crippen LogP contribution < -0.4 is 5.32 Å². The van der Waals surface area contributed by atoms with Gasteiger partial charge in [0.1, 0.15) is 11.6 Å². The number of anilines is 1. The number of benzene rings is 2. The van der Waals surface area contributed by atoms with Gasteiger partial charge in [-0.15, -0.1) is 4.91 Å². The summed E-state index contributed by atoms with van der Waals surface area (Å²) in [6.45, 7) is 0. The molecule has 22 heavy (non-hydrogen) atoms. The predicted molar refractivity (Wildman–Crippen MR) is 88.4 cm³/mol. The van der Waals surface area contributed by atoms with E-state index in [1.165, 1.54) is 0 Å². The summed E-state index contributed by atoms with van der Waals surface area (Å²) in [5.74, 6) is -0.702. The molecular formula is C16H10BrN3O2. The molecule has 1 aromatic heterocycles. The lowest BCUT2D eigenvalue weighted by atomic mass is 9.96. The molecule has 2 heterocycles. The van der Waals surface area contributed by atoms with Crippen molar-refractivity contribution in [2.75, 3.05) is 5.32 Å². The fourth-order valence-corrected chi connectivity index (χ4v) is 3.34. The number of halogens is 1. The highest BCUT2D eigenvalue weighted by atomic mass is 79.9. The SMILES string of the molecule is O=Nc1c(C2C(=O)Nc3ccccc32)[nH]c2cc(Br)ccc12. The molecule has 1 amide bonds. The van der Waals surface area contributed by atoms with Crippen molar-refractivity contribution in [3.8, 4) is 0 Å². The molecule has 0 radical (unpaired) electrons. The van der Waals surface area contributed by atoms with Crippen molar-refractivity contribution in [2.45, 2.75) is 5.92 Å². The number of carbonyl (C=O) groups is 1. The number of nitroso groups, excluding NO2 is 1. The normalized spacial score (nSPS) is 16.6. The second-order valence-corrected chi connectivity index (χ2v) is 6.09. The number of nitrogens with zero attached hydrogens (tertiary/aromatic N) is 1. The van der Waals surface area contributed by atoms with Crippen molar-refractivity contribution < 1.29 is 4.79 Å². The van der Waals surface area contributed by atoms with Crippen LogP contribution in [0.5, 0.6) is 0 Å². The molecule has 108 valence electrons. The third kappa shape index (κ3) is 1.80. The van der Waals surface area contributed by atoms with Crippen molar-refractivity contribution in [3.63, 3.8) is 0 Å². The van der Waals surface area contributed by atoms with E-state index in [9.17, 15) is 9.70 Å². The minimum atomic E-state index is -0.546. The average molecular weight is 356 g/mol. The summed E-state index contributed by atoms with van der Waals surface area (Å²) >= 11 is 3.40. The van der Waals surface area contributed by atoms with Crippen molar-refractivity contribution >= 4 is 44.1 Å². The molecular weight excluding hydrogens is 346 g/mol.